The molecule has 3 heteroatoms. The third-order valence-corrected chi connectivity index (χ3v) is 3.91. The Hall–Kier alpha value is -1.09. The quantitative estimate of drug-likeness (QED) is 0.736. The maximum absolute atomic E-state index is 10.6. The fourth-order valence-corrected chi connectivity index (χ4v) is 2.65. The van der Waals surface area contributed by atoms with Crippen molar-refractivity contribution in [1.29, 1.82) is 0 Å². The summed E-state index contributed by atoms with van der Waals surface area (Å²) in [6.07, 6.45) is 18.7. The van der Waals surface area contributed by atoms with E-state index >= 15 is 0 Å². The number of carbonyl (C=O) groups is 1. The van der Waals surface area contributed by atoms with E-state index in [-0.39, 0.29) is 12.5 Å². The standard InChI is InChI=1S/C18H30O3/c1-2-16-12-9-7-5-3-4-6-8-10-13-17(21-16)14-11-15-18(19)20/h4-7,16-17H,2-3,8-15H2,1H3,(H,19,20)/b6-4-,7-5-. The zero-order valence-corrected chi connectivity index (χ0v) is 13.3. The predicted octanol–water partition coefficient (Wildman–Crippen LogP) is 4.87. The first kappa shape index (κ1) is 18.0. The van der Waals surface area contributed by atoms with Gasteiger partial charge in [0.1, 0.15) is 0 Å². The molecule has 1 aliphatic heterocycles. The first-order valence-electron chi connectivity index (χ1n) is 8.39. The molecule has 0 aromatic carbocycles. The van der Waals surface area contributed by atoms with Gasteiger partial charge < -0.3 is 9.84 Å². The minimum atomic E-state index is -0.709. The Balaban J connectivity index is 2.50. The lowest BCUT2D eigenvalue weighted by atomic mass is 10.0. The highest BCUT2D eigenvalue weighted by Gasteiger charge is 2.15. The van der Waals surface area contributed by atoms with Crippen molar-refractivity contribution < 1.29 is 14.6 Å². The average molecular weight is 294 g/mol. The molecule has 0 bridgehead atoms. The number of rotatable bonds is 5. The van der Waals surface area contributed by atoms with Crippen LogP contribution >= 0.6 is 0 Å². The highest BCUT2D eigenvalue weighted by Crippen LogP contribution is 2.19. The molecule has 0 radical (unpaired) electrons. The van der Waals surface area contributed by atoms with Gasteiger partial charge in [0.05, 0.1) is 12.2 Å². The van der Waals surface area contributed by atoms with Gasteiger partial charge in [-0.3, -0.25) is 4.79 Å². The van der Waals surface area contributed by atoms with Gasteiger partial charge in [0.2, 0.25) is 0 Å². The Morgan fingerprint density at radius 1 is 1.14 bits per heavy atom. The third kappa shape index (κ3) is 9.46. The van der Waals surface area contributed by atoms with Crippen molar-refractivity contribution >= 4 is 5.97 Å². The van der Waals surface area contributed by atoms with Crippen LogP contribution in [0.4, 0.5) is 0 Å². The Labute approximate surface area is 129 Å². The lowest BCUT2D eigenvalue weighted by molar-refractivity contribution is -0.137. The van der Waals surface area contributed by atoms with E-state index in [0.29, 0.717) is 12.5 Å². The van der Waals surface area contributed by atoms with E-state index < -0.39 is 5.97 Å². The van der Waals surface area contributed by atoms with E-state index in [1.54, 1.807) is 0 Å². The minimum Gasteiger partial charge on any atom is -0.481 e. The molecule has 0 saturated carbocycles. The van der Waals surface area contributed by atoms with E-state index in [4.69, 9.17) is 9.84 Å². The monoisotopic (exact) mass is 294 g/mol. The van der Waals surface area contributed by atoms with E-state index in [1.807, 2.05) is 0 Å². The lowest BCUT2D eigenvalue weighted by Crippen LogP contribution is -2.22. The molecule has 1 rings (SSSR count). The van der Waals surface area contributed by atoms with E-state index in [2.05, 4.69) is 31.2 Å². The number of allylic oxidation sites excluding steroid dienone is 4. The van der Waals surface area contributed by atoms with Crippen LogP contribution in [0.1, 0.15) is 71.1 Å². The Morgan fingerprint density at radius 2 is 1.90 bits per heavy atom. The van der Waals surface area contributed by atoms with Gasteiger partial charge in [0.25, 0.3) is 0 Å². The number of aliphatic carboxylic acids is 1. The number of hydrogen-bond acceptors (Lipinski definition) is 2. The molecule has 1 N–H and O–H groups in total. The highest BCUT2D eigenvalue weighted by atomic mass is 16.5. The zero-order valence-electron chi connectivity index (χ0n) is 13.3. The first-order chi connectivity index (χ1) is 10.2. The molecular weight excluding hydrogens is 264 g/mol. The van der Waals surface area contributed by atoms with Crippen LogP contribution in [0, 0.1) is 0 Å². The fourth-order valence-electron chi connectivity index (χ4n) is 2.65. The number of carboxylic acids is 1. The van der Waals surface area contributed by atoms with E-state index in [1.165, 1.54) is 0 Å². The van der Waals surface area contributed by atoms with E-state index in [0.717, 1.165) is 51.4 Å². The third-order valence-electron chi connectivity index (χ3n) is 3.91. The van der Waals surface area contributed by atoms with Crippen LogP contribution in [0.3, 0.4) is 0 Å². The molecule has 0 aromatic rings. The van der Waals surface area contributed by atoms with Crippen molar-refractivity contribution in [2.24, 2.45) is 0 Å². The maximum atomic E-state index is 10.6. The second kappa shape index (κ2) is 11.6. The van der Waals surface area contributed by atoms with Crippen molar-refractivity contribution in [3.8, 4) is 0 Å². The minimum absolute atomic E-state index is 0.215. The molecular formula is C18H30O3. The molecule has 2 atom stereocenters. The average Bonchev–Trinajstić information content (AvgIpc) is 2.48. The number of ether oxygens (including phenoxy) is 1. The highest BCUT2D eigenvalue weighted by molar-refractivity contribution is 5.66. The maximum Gasteiger partial charge on any atom is 0.303 e. The van der Waals surface area contributed by atoms with Crippen LogP contribution < -0.4 is 0 Å². The number of carboxylic acid groups (broad SMARTS) is 1. The Kier molecular flexibility index (Phi) is 9.88. The summed E-state index contributed by atoms with van der Waals surface area (Å²) < 4.78 is 6.24. The molecule has 0 fully saturated rings. The second-order valence-corrected chi connectivity index (χ2v) is 5.76. The second-order valence-electron chi connectivity index (χ2n) is 5.76. The normalized spacial score (nSPS) is 27.9. The van der Waals surface area contributed by atoms with Gasteiger partial charge >= 0.3 is 5.97 Å². The first-order valence-corrected chi connectivity index (χ1v) is 8.39. The summed E-state index contributed by atoms with van der Waals surface area (Å²) in [5.74, 6) is -0.709. The molecule has 21 heavy (non-hydrogen) atoms. The molecule has 0 amide bonds. The van der Waals surface area contributed by atoms with Crippen molar-refractivity contribution in [3.63, 3.8) is 0 Å². The van der Waals surface area contributed by atoms with Gasteiger partial charge in [-0.25, -0.2) is 0 Å². The summed E-state index contributed by atoms with van der Waals surface area (Å²) in [5, 5.41) is 8.77. The van der Waals surface area contributed by atoms with Gasteiger partial charge in [0, 0.05) is 6.42 Å². The molecule has 120 valence electrons. The summed E-state index contributed by atoms with van der Waals surface area (Å²) >= 11 is 0. The summed E-state index contributed by atoms with van der Waals surface area (Å²) in [7, 11) is 0. The van der Waals surface area contributed by atoms with Gasteiger partial charge in [-0.1, -0.05) is 31.2 Å². The topological polar surface area (TPSA) is 46.5 Å². The van der Waals surface area contributed by atoms with Crippen molar-refractivity contribution in [3.05, 3.63) is 24.3 Å². The molecule has 3 nitrogen and oxygen atoms in total. The predicted molar refractivity (Wildman–Crippen MR) is 86.4 cm³/mol. The number of hydrogen-bond donors (Lipinski definition) is 1. The largest absolute Gasteiger partial charge is 0.481 e. The summed E-state index contributed by atoms with van der Waals surface area (Å²) in [5.41, 5.74) is 0. The summed E-state index contributed by atoms with van der Waals surface area (Å²) in [6.45, 7) is 2.17. The van der Waals surface area contributed by atoms with Gasteiger partial charge in [0.15, 0.2) is 0 Å². The van der Waals surface area contributed by atoms with Gasteiger partial charge in [-0.05, 0) is 57.8 Å². The van der Waals surface area contributed by atoms with Gasteiger partial charge in [-0.2, -0.15) is 0 Å². The van der Waals surface area contributed by atoms with Gasteiger partial charge in [-0.15, -0.1) is 0 Å². The lowest BCUT2D eigenvalue weighted by Gasteiger charge is -2.24. The molecule has 2 unspecified atom stereocenters. The smallest absolute Gasteiger partial charge is 0.303 e. The molecule has 0 aliphatic carbocycles. The van der Waals surface area contributed by atoms with Crippen LogP contribution in [-0.2, 0) is 9.53 Å². The Bertz CT molecular complexity index is 333. The van der Waals surface area contributed by atoms with Crippen LogP contribution in [0.25, 0.3) is 0 Å². The van der Waals surface area contributed by atoms with Crippen LogP contribution in [0.15, 0.2) is 24.3 Å². The molecule has 1 heterocycles. The van der Waals surface area contributed by atoms with Crippen molar-refractivity contribution in [2.75, 3.05) is 0 Å². The molecule has 0 aromatic heterocycles. The zero-order chi connectivity index (χ0) is 15.3. The van der Waals surface area contributed by atoms with Crippen LogP contribution in [0.2, 0.25) is 0 Å². The SMILES string of the molecule is CCC1CC/C=C\C/C=C\CCCC(CCCC(=O)O)O1. The van der Waals surface area contributed by atoms with Crippen LogP contribution in [0.5, 0.6) is 0 Å². The fraction of sp³-hybridized carbons (Fsp3) is 0.722. The Morgan fingerprint density at radius 3 is 2.62 bits per heavy atom. The summed E-state index contributed by atoms with van der Waals surface area (Å²) in [6, 6.07) is 0. The van der Waals surface area contributed by atoms with Crippen molar-refractivity contribution in [1.82, 2.24) is 0 Å². The molecule has 0 saturated heterocycles. The van der Waals surface area contributed by atoms with Crippen LogP contribution in [-0.4, -0.2) is 23.3 Å². The summed E-state index contributed by atoms with van der Waals surface area (Å²) in [4.78, 5) is 10.6. The molecule has 0 spiro atoms. The van der Waals surface area contributed by atoms with E-state index in [9.17, 15) is 4.79 Å². The molecule has 1 aliphatic rings. The van der Waals surface area contributed by atoms with Crippen molar-refractivity contribution in [2.45, 2.75) is 83.3 Å².